The smallest absolute Gasteiger partial charge is 0.242 e. The molecular weight excluding hydrogens is 166 g/mol. The van der Waals surface area contributed by atoms with Crippen LogP contribution in [0.2, 0.25) is 0 Å². The molecule has 1 amide bonds. The minimum Gasteiger partial charge on any atom is -0.343 e. The van der Waals surface area contributed by atoms with Crippen LogP contribution in [0.4, 0.5) is 0 Å². The molecule has 2 rings (SSSR count). The molecule has 2 saturated heterocycles. The van der Waals surface area contributed by atoms with E-state index in [-0.39, 0.29) is 11.4 Å². The first kappa shape index (κ1) is 8.97. The van der Waals surface area contributed by atoms with Crippen LogP contribution in [0, 0.1) is 0 Å². The first-order valence-electron chi connectivity index (χ1n) is 4.96. The summed E-state index contributed by atoms with van der Waals surface area (Å²) >= 11 is 0. The van der Waals surface area contributed by atoms with Crippen molar-refractivity contribution in [3.63, 3.8) is 0 Å². The molecular formula is C9H17N3O. The van der Waals surface area contributed by atoms with E-state index in [9.17, 15) is 4.79 Å². The lowest BCUT2D eigenvalue weighted by Gasteiger charge is -2.43. The molecule has 0 aromatic heterocycles. The molecule has 0 saturated carbocycles. The van der Waals surface area contributed by atoms with Crippen molar-refractivity contribution in [1.29, 1.82) is 0 Å². The molecule has 0 aliphatic carbocycles. The van der Waals surface area contributed by atoms with Crippen molar-refractivity contribution in [3.8, 4) is 0 Å². The van der Waals surface area contributed by atoms with Crippen LogP contribution in [0.15, 0.2) is 0 Å². The van der Waals surface area contributed by atoms with Crippen LogP contribution in [0.1, 0.15) is 12.8 Å². The van der Waals surface area contributed by atoms with Gasteiger partial charge in [-0.15, -0.1) is 0 Å². The number of amides is 1. The van der Waals surface area contributed by atoms with Gasteiger partial charge in [0.15, 0.2) is 0 Å². The van der Waals surface area contributed by atoms with Crippen molar-refractivity contribution < 1.29 is 4.79 Å². The summed E-state index contributed by atoms with van der Waals surface area (Å²) in [6.45, 7) is 3.68. The molecule has 0 atom stereocenters. The highest BCUT2D eigenvalue weighted by atomic mass is 16.2. The second-order valence-corrected chi connectivity index (χ2v) is 3.99. The standard InChI is InChI=1S/C9H17N3O/c1-12-7-6-11-9(8(12)13)2-4-10-5-3-9/h10-11H,2-7H2,1H3. The van der Waals surface area contributed by atoms with Crippen molar-refractivity contribution in [1.82, 2.24) is 15.5 Å². The SMILES string of the molecule is CN1CCNC2(CCNCC2)C1=O. The second kappa shape index (κ2) is 3.27. The van der Waals surface area contributed by atoms with Gasteiger partial charge in [0, 0.05) is 20.1 Å². The van der Waals surface area contributed by atoms with Gasteiger partial charge in [-0.1, -0.05) is 0 Å². The number of carbonyl (C=O) groups excluding carboxylic acids is 1. The van der Waals surface area contributed by atoms with Crippen LogP contribution in [-0.2, 0) is 4.79 Å². The summed E-state index contributed by atoms with van der Waals surface area (Å²) in [6.07, 6.45) is 1.85. The summed E-state index contributed by atoms with van der Waals surface area (Å²) in [7, 11) is 1.90. The lowest BCUT2D eigenvalue weighted by atomic mass is 9.85. The molecule has 0 aromatic carbocycles. The molecule has 2 N–H and O–H groups in total. The third-order valence-corrected chi connectivity index (χ3v) is 3.12. The molecule has 2 fully saturated rings. The molecule has 4 nitrogen and oxygen atoms in total. The molecule has 4 heteroatoms. The largest absolute Gasteiger partial charge is 0.343 e. The molecule has 0 radical (unpaired) electrons. The number of hydrogen-bond donors (Lipinski definition) is 2. The van der Waals surface area contributed by atoms with Crippen LogP contribution in [0.25, 0.3) is 0 Å². The molecule has 0 bridgehead atoms. The minimum absolute atomic E-state index is 0.238. The summed E-state index contributed by atoms with van der Waals surface area (Å²) in [5, 5.41) is 6.66. The predicted octanol–water partition coefficient (Wildman–Crippen LogP) is -0.830. The van der Waals surface area contributed by atoms with E-state index in [1.165, 1.54) is 0 Å². The Labute approximate surface area is 78.7 Å². The third-order valence-electron chi connectivity index (χ3n) is 3.12. The Bertz CT molecular complexity index is 205. The molecule has 0 aromatic rings. The number of piperidine rings is 1. The zero-order chi connectivity index (χ0) is 9.31. The lowest BCUT2D eigenvalue weighted by Crippen LogP contribution is -2.66. The van der Waals surface area contributed by atoms with Gasteiger partial charge < -0.3 is 15.5 Å². The monoisotopic (exact) mass is 183 g/mol. The quantitative estimate of drug-likeness (QED) is 0.515. The Morgan fingerprint density at radius 2 is 2.00 bits per heavy atom. The van der Waals surface area contributed by atoms with E-state index in [1.807, 2.05) is 11.9 Å². The Hall–Kier alpha value is -0.610. The number of carbonyl (C=O) groups is 1. The van der Waals surface area contributed by atoms with Crippen LogP contribution in [0.3, 0.4) is 0 Å². The predicted molar refractivity (Wildman–Crippen MR) is 50.5 cm³/mol. The molecule has 2 heterocycles. The summed E-state index contributed by atoms with van der Waals surface area (Å²) in [4.78, 5) is 13.8. The number of nitrogens with one attached hydrogen (secondary N) is 2. The molecule has 13 heavy (non-hydrogen) atoms. The fraction of sp³-hybridized carbons (Fsp3) is 0.889. The third kappa shape index (κ3) is 1.44. The van der Waals surface area contributed by atoms with Crippen LogP contribution >= 0.6 is 0 Å². The maximum Gasteiger partial charge on any atom is 0.242 e. The van der Waals surface area contributed by atoms with Crippen LogP contribution in [0.5, 0.6) is 0 Å². The number of hydrogen-bond acceptors (Lipinski definition) is 3. The van der Waals surface area contributed by atoms with Crippen molar-refractivity contribution in [2.75, 3.05) is 33.2 Å². The maximum absolute atomic E-state index is 11.9. The summed E-state index contributed by atoms with van der Waals surface area (Å²) < 4.78 is 0. The van der Waals surface area contributed by atoms with Gasteiger partial charge >= 0.3 is 0 Å². The lowest BCUT2D eigenvalue weighted by molar-refractivity contribution is -0.141. The highest BCUT2D eigenvalue weighted by Crippen LogP contribution is 2.22. The second-order valence-electron chi connectivity index (χ2n) is 3.99. The normalized spacial score (nSPS) is 28.1. The summed E-state index contributed by atoms with van der Waals surface area (Å²) in [6, 6.07) is 0. The zero-order valence-corrected chi connectivity index (χ0v) is 8.10. The number of nitrogens with zero attached hydrogens (tertiary/aromatic N) is 1. The van der Waals surface area contributed by atoms with Gasteiger partial charge in [-0.3, -0.25) is 4.79 Å². The zero-order valence-electron chi connectivity index (χ0n) is 8.10. The van der Waals surface area contributed by atoms with E-state index < -0.39 is 0 Å². The van der Waals surface area contributed by atoms with E-state index in [0.29, 0.717) is 0 Å². The molecule has 0 unspecified atom stereocenters. The van der Waals surface area contributed by atoms with Gasteiger partial charge in [-0.05, 0) is 25.9 Å². The average molecular weight is 183 g/mol. The molecule has 1 spiro atoms. The molecule has 2 aliphatic heterocycles. The van der Waals surface area contributed by atoms with Crippen molar-refractivity contribution in [2.45, 2.75) is 18.4 Å². The Morgan fingerprint density at radius 3 is 2.69 bits per heavy atom. The number of rotatable bonds is 0. The van der Waals surface area contributed by atoms with Crippen LogP contribution in [-0.4, -0.2) is 49.6 Å². The molecule has 2 aliphatic rings. The van der Waals surface area contributed by atoms with Crippen molar-refractivity contribution >= 4 is 5.91 Å². The number of piperazine rings is 1. The van der Waals surface area contributed by atoms with Gasteiger partial charge in [0.2, 0.25) is 5.91 Å². The Kier molecular flexibility index (Phi) is 2.26. The topological polar surface area (TPSA) is 44.4 Å². The van der Waals surface area contributed by atoms with E-state index in [1.54, 1.807) is 0 Å². The van der Waals surface area contributed by atoms with Gasteiger partial charge in [0.25, 0.3) is 0 Å². The van der Waals surface area contributed by atoms with E-state index in [2.05, 4.69) is 10.6 Å². The highest BCUT2D eigenvalue weighted by molar-refractivity contribution is 5.87. The first-order chi connectivity index (χ1) is 6.25. The average Bonchev–Trinajstić information content (AvgIpc) is 2.16. The van der Waals surface area contributed by atoms with Crippen molar-refractivity contribution in [2.24, 2.45) is 0 Å². The minimum atomic E-state index is -0.238. The Morgan fingerprint density at radius 1 is 1.31 bits per heavy atom. The fourth-order valence-electron chi connectivity index (χ4n) is 2.25. The Balaban J connectivity index is 2.14. The van der Waals surface area contributed by atoms with Crippen LogP contribution < -0.4 is 10.6 Å². The van der Waals surface area contributed by atoms with Crippen molar-refractivity contribution in [3.05, 3.63) is 0 Å². The number of likely N-dealkylation sites (N-methyl/N-ethyl adjacent to an activating group) is 1. The van der Waals surface area contributed by atoms with Gasteiger partial charge in [0.1, 0.15) is 5.54 Å². The molecule has 74 valence electrons. The van der Waals surface area contributed by atoms with Gasteiger partial charge in [0.05, 0.1) is 0 Å². The van der Waals surface area contributed by atoms with E-state index in [0.717, 1.165) is 39.0 Å². The maximum atomic E-state index is 11.9. The summed E-state index contributed by atoms with van der Waals surface area (Å²) in [5.41, 5.74) is -0.238. The first-order valence-corrected chi connectivity index (χ1v) is 4.96. The summed E-state index contributed by atoms with van der Waals surface area (Å²) in [5.74, 6) is 0.278. The fourth-order valence-corrected chi connectivity index (χ4v) is 2.25. The van der Waals surface area contributed by atoms with E-state index in [4.69, 9.17) is 0 Å². The van der Waals surface area contributed by atoms with Gasteiger partial charge in [-0.2, -0.15) is 0 Å². The van der Waals surface area contributed by atoms with E-state index >= 15 is 0 Å². The highest BCUT2D eigenvalue weighted by Gasteiger charge is 2.42. The van der Waals surface area contributed by atoms with Gasteiger partial charge in [-0.25, -0.2) is 0 Å².